The van der Waals surface area contributed by atoms with Gasteiger partial charge < -0.3 is 4.74 Å². The molecule has 1 aromatic carbocycles. The first-order chi connectivity index (χ1) is 11.9. The minimum Gasteiger partial charge on any atom is -0.484 e. The van der Waals surface area contributed by atoms with E-state index >= 15 is 0 Å². The lowest BCUT2D eigenvalue weighted by atomic mass is 10.2. The maximum Gasteiger partial charge on any atom is 0.276 e. The third-order valence-electron chi connectivity index (χ3n) is 3.30. The SMILES string of the molecule is Cc1cccc(OCC(=O)NNC(=O)CCC(=O)c2ccc(C)s2)c1. The van der Waals surface area contributed by atoms with E-state index in [1.807, 2.05) is 38.1 Å². The predicted octanol–water partition coefficient (Wildman–Crippen LogP) is 2.55. The van der Waals surface area contributed by atoms with E-state index in [2.05, 4.69) is 10.9 Å². The monoisotopic (exact) mass is 360 g/mol. The highest BCUT2D eigenvalue weighted by molar-refractivity contribution is 7.14. The number of carbonyl (C=O) groups is 3. The van der Waals surface area contributed by atoms with Gasteiger partial charge in [0.05, 0.1) is 4.88 Å². The Hall–Kier alpha value is -2.67. The number of hydrazine groups is 1. The zero-order valence-corrected chi connectivity index (χ0v) is 14.9. The van der Waals surface area contributed by atoms with Crippen LogP contribution in [0, 0.1) is 13.8 Å². The normalized spacial score (nSPS) is 10.2. The topological polar surface area (TPSA) is 84.5 Å². The van der Waals surface area contributed by atoms with Crippen molar-refractivity contribution in [2.75, 3.05) is 6.61 Å². The molecule has 2 aromatic rings. The second kappa shape index (κ2) is 8.98. The highest BCUT2D eigenvalue weighted by atomic mass is 32.1. The average molecular weight is 360 g/mol. The molecule has 2 rings (SSSR count). The smallest absolute Gasteiger partial charge is 0.276 e. The van der Waals surface area contributed by atoms with E-state index in [-0.39, 0.29) is 25.2 Å². The Balaban J connectivity index is 1.65. The largest absolute Gasteiger partial charge is 0.484 e. The number of thiophene rings is 1. The molecule has 0 aliphatic rings. The molecule has 0 saturated heterocycles. The van der Waals surface area contributed by atoms with E-state index in [0.717, 1.165) is 10.4 Å². The quantitative estimate of drug-likeness (QED) is 0.587. The van der Waals surface area contributed by atoms with Gasteiger partial charge in [0.25, 0.3) is 5.91 Å². The Labute approximate surface area is 150 Å². The zero-order valence-electron chi connectivity index (χ0n) is 14.1. The number of amides is 2. The molecule has 7 heteroatoms. The number of rotatable bonds is 7. The number of aryl methyl sites for hydroxylation is 2. The van der Waals surface area contributed by atoms with Crippen molar-refractivity contribution in [3.05, 3.63) is 51.7 Å². The molecule has 25 heavy (non-hydrogen) atoms. The summed E-state index contributed by atoms with van der Waals surface area (Å²) in [6.45, 7) is 3.63. The number of ether oxygens (including phenoxy) is 1. The fraction of sp³-hybridized carbons (Fsp3) is 0.278. The molecule has 6 nitrogen and oxygen atoms in total. The summed E-state index contributed by atoms with van der Waals surface area (Å²) in [5, 5.41) is 0. The maximum absolute atomic E-state index is 11.9. The first-order valence-electron chi connectivity index (χ1n) is 7.81. The minimum atomic E-state index is -0.477. The second-order valence-corrected chi connectivity index (χ2v) is 6.82. The fourth-order valence-electron chi connectivity index (χ4n) is 2.03. The summed E-state index contributed by atoms with van der Waals surface area (Å²) >= 11 is 1.40. The van der Waals surface area contributed by atoms with Crippen LogP contribution < -0.4 is 15.6 Å². The van der Waals surface area contributed by atoms with Crippen molar-refractivity contribution < 1.29 is 19.1 Å². The summed E-state index contributed by atoms with van der Waals surface area (Å²) in [6.07, 6.45) is 0.107. The van der Waals surface area contributed by atoms with Gasteiger partial charge >= 0.3 is 0 Å². The number of benzene rings is 1. The van der Waals surface area contributed by atoms with Crippen LogP contribution in [-0.2, 0) is 9.59 Å². The molecule has 1 heterocycles. The van der Waals surface area contributed by atoms with Crippen molar-refractivity contribution >= 4 is 28.9 Å². The molecule has 0 radical (unpaired) electrons. The molecule has 2 amide bonds. The van der Waals surface area contributed by atoms with Gasteiger partial charge in [0.2, 0.25) is 5.91 Å². The van der Waals surface area contributed by atoms with Crippen molar-refractivity contribution in [3.63, 3.8) is 0 Å². The van der Waals surface area contributed by atoms with Gasteiger partial charge in [0.15, 0.2) is 12.4 Å². The zero-order chi connectivity index (χ0) is 18.2. The van der Waals surface area contributed by atoms with Gasteiger partial charge in [-0.05, 0) is 43.7 Å². The highest BCUT2D eigenvalue weighted by Crippen LogP contribution is 2.17. The number of hydrogen-bond acceptors (Lipinski definition) is 5. The Morgan fingerprint density at radius 2 is 1.76 bits per heavy atom. The van der Waals surface area contributed by atoms with Gasteiger partial charge in [0, 0.05) is 17.7 Å². The molecule has 0 unspecified atom stereocenters. The van der Waals surface area contributed by atoms with Crippen LogP contribution >= 0.6 is 11.3 Å². The Kier molecular flexibility index (Phi) is 6.71. The van der Waals surface area contributed by atoms with Crippen LogP contribution in [-0.4, -0.2) is 24.2 Å². The van der Waals surface area contributed by atoms with E-state index in [1.165, 1.54) is 11.3 Å². The molecule has 1 aromatic heterocycles. The summed E-state index contributed by atoms with van der Waals surface area (Å²) < 4.78 is 5.32. The molecule has 0 atom stereocenters. The van der Waals surface area contributed by atoms with Crippen LogP contribution in [0.5, 0.6) is 5.75 Å². The average Bonchev–Trinajstić information content (AvgIpc) is 3.02. The van der Waals surface area contributed by atoms with Crippen LogP contribution in [0.4, 0.5) is 0 Å². The number of ketones is 1. The van der Waals surface area contributed by atoms with Crippen molar-refractivity contribution in [3.8, 4) is 5.75 Å². The van der Waals surface area contributed by atoms with Gasteiger partial charge in [-0.15, -0.1) is 11.3 Å². The fourth-order valence-corrected chi connectivity index (χ4v) is 2.86. The number of carbonyl (C=O) groups excluding carboxylic acids is 3. The third kappa shape index (κ3) is 6.39. The van der Waals surface area contributed by atoms with E-state index in [1.54, 1.807) is 12.1 Å². The lowest BCUT2D eigenvalue weighted by Crippen LogP contribution is -2.43. The minimum absolute atomic E-state index is 0.00873. The van der Waals surface area contributed by atoms with Crippen LogP contribution in [0.1, 0.15) is 33.0 Å². The highest BCUT2D eigenvalue weighted by Gasteiger charge is 2.12. The van der Waals surface area contributed by atoms with Gasteiger partial charge in [-0.25, -0.2) is 0 Å². The Morgan fingerprint density at radius 3 is 2.44 bits per heavy atom. The lowest BCUT2D eigenvalue weighted by Gasteiger charge is -2.09. The molecule has 0 spiro atoms. The summed E-state index contributed by atoms with van der Waals surface area (Å²) in [5.41, 5.74) is 5.56. The molecule has 0 bridgehead atoms. The molecule has 132 valence electrons. The molecular weight excluding hydrogens is 340 g/mol. The molecule has 0 aliphatic heterocycles. The number of nitrogens with one attached hydrogen (secondary N) is 2. The summed E-state index contributed by atoms with van der Waals surface area (Å²) in [5.74, 6) is -0.402. The molecule has 0 saturated carbocycles. The van der Waals surface area contributed by atoms with Gasteiger partial charge in [-0.1, -0.05) is 12.1 Å². The molecule has 2 N–H and O–H groups in total. The molecule has 0 fully saturated rings. The third-order valence-corrected chi connectivity index (χ3v) is 4.34. The summed E-state index contributed by atoms with van der Waals surface area (Å²) in [4.78, 5) is 36.9. The summed E-state index contributed by atoms with van der Waals surface area (Å²) in [6, 6.07) is 10.9. The van der Waals surface area contributed by atoms with E-state index in [0.29, 0.717) is 10.6 Å². The predicted molar refractivity (Wildman–Crippen MR) is 95.6 cm³/mol. The maximum atomic E-state index is 11.9. The van der Waals surface area contributed by atoms with Crippen LogP contribution in [0.15, 0.2) is 36.4 Å². The van der Waals surface area contributed by atoms with Crippen LogP contribution in [0.3, 0.4) is 0 Å². The van der Waals surface area contributed by atoms with Crippen LogP contribution in [0.25, 0.3) is 0 Å². The van der Waals surface area contributed by atoms with Crippen molar-refractivity contribution in [1.82, 2.24) is 10.9 Å². The Bertz CT molecular complexity index is 770. The second-order valence-electron chi connectivity index (χ2n) is 5.54. The standard InChI is InChI=1S/C18H20N2O4S/c1-12-4-3-5-14(10-12)24-11-18(23)20-19-17(22)9-7-15(21)16-8-6-13(2)25-16/h3-6,8,10H,7,9,11H2,1-2H3,(H,19,22)(H,20,23). The van der Waals surface area contributed by atoms with Crippen molar-refractivity contribution in [1.29, 1.82) is 0 Å². The van der Waals surface area contributed by atoms with Gasteiger partial charge in [0.1, 0.15) is 5.75 Å². The Morgan fingerprint density at radius 1 is 1.00 bits per heavy atom. The van der Waals surface area contributed by atoms with Gasteiger partial charge in [-0.2, -0.15) is 0 Å². The summed E-state index contributed by atoms with van der Waals surface area (Å²) in [7, 11) is 0. The first-order valence-corrected chi connectivity index (χ1v) is 8.62. The van der Waals surface area contributed by atoms with Gasteiger partial charge in [-0.3, -0.25) is 25.2 Å². The van der Waals surface area contributed by atoms with Crippen molar-refractivity contribution in [2.45, 2.75) is 26.7 Å². The van der Waals surface area contributed by atoms with E-state index in [9.17, 15) is 14.4 Å². The number of Topliss-reactive ketones (excluding diaryl/α,β-unsaturated/α-hetero) is 1. The molecule has 0 aliphatic carbocycles. The van der Waals surface area contributed by atoms with Crippen molar-refractivity contribution in [2.24, 2.45) is 0 Å². The van der Waals surface area contributed by atoms with E-state index in [4.69, 9.17) is 4.74 Å². The molecular formula is C18H20N2O4S. The number of hydrogen-bond donors (Lipinski definition) is 2. The van der Waals surface area contributed by atoms with Crippen LogP contribution in [0.2, 0.25) is 0 Å². The van der Waals surface area contributed by atoms with E-state index < -0.39 is 11.8 Å². The first kappa shape index (κ1) is 18.7. The lowest BCUT2D eigenvalue weighted by molar-refractivity contribution is -0.130.